The van der Waals surface area contributed by atoms with Crippen LogP contribution in [0.3, 0.4) is 0 Å². The third-order valence-corrected chi connectivity index (χ3v) is 7.13. The van der Waals surface area contributed by atoms with Crippen LogP contribution in [-0.4, -0.2) is 14.5 Å². The van der Waals surface area contributed by atoms with E-state index in [1.165, 1.54) is 5.56 Å². The second kappa shape index (κ2) is 8.02. The van der Waals surface area contributed by atoms with Crippen molar-refractivity contribution in [3.8, 4) is 5.69 Å². The maximum Gasteiger partial charge on any atom is 0.283 e. The number of rotatable bonds is 4. The van der Waals surface area contributed by atoms with Gasteiger partial charge in [-0.15, -0.1) is 0 Å². The Morgan fingerprint density at radius 2 is 1.77 bits per heavy atom. The third-order valence-electron chi connectivity index (χ3n) is 5.59. The first-order valence-electron chi connectivity index (χ1n) is 10.0. The molecular weight excluding hydrogens is 470 g/mol. The molecule has 4 nitrogen and oxygen atoms in total. The van der Waals surface area contributed by atoms with Crippen molar-refractivity contribution in [3.05, 3.63) is 98.2 Å². The summed E-state index contributed by atoms with van der Waals surface area (Å²) in [5, 5.41) is 1.66. The molecule has 154 valence electrons. The van der Waals surface area contributed by atoms with Crippen LogP contribution in [0.5, 0.6) is 0 Å². The van der Waals surface area contributed by atoms with Crippen LogP contribution in [0.15, 0.2) is 81.2 Å². The molecule has 2 heterocycles. The average Bonchev–Trinajstić information content (AvgIpc) is 3.15. The lowest BCUT2D eigenvalue weighted by Crippen LogP contribution is -2.22. The minimum atomic E-state index is -0.0757. The van der Waals surface area contributed by atoms with Crippen LogP contribution in [-0.2, 0) is 5.75 Å². The van der Waals surface area contributed by atoms with Gasteiger partial charge < -0.3 is 4.98 Å². The molecule has 0 aliphatic heterocycles. The summed E-state index contributed by atoms with van der Waals surface area (Å²) in [6.07, 6.45) is 0. The molecule has 0 aliphatic rings. The highest BCUT2D eigenvalue weighted by atomic mass is 79.9. The first kappa shape index (κ1) is 20.1. The number of aromatic amines is 1. The fourth-order valence-electron chi connectivity index (χ4n) is 3.76. The predicted molar refractivity (Wildman–Crippen MR) is 132 cm³/mol. The first-order valence-corrected chi connectivity index (χ1v) is 11.8. The Kier molecular flexibility index (Phi) is 5.20. The van der Waals surface area contributed by atoms with Gasteiger partial charge in [0.15, 0.2) is 5.16 Å². The van der Waals surface area contributed by atoms with Gasteiger partial charge in [-0.05, 0) is 54.8 Å². The summed E-state index contributed by atoms with van der Waals surface area (Å²) < 4.78 is 2.80. The second-order valence-electron chi connectivity index (χ2n) is 7.56. The molecule has 0 spiro atoms. The van der Waals surface area contributed by atoms with Gasteiger partial charge in [0.2, 0.25) is 0 Å². The zero-order valence-corrected chi connectivity index (χ0v) is 19.5. The number of H-pyrrole nitrogens is 1. The Balaban J connectivity index is 1.74. The van der Waals surface area contributed by atoms with E-state index in [9.17, 15) is 4.79 Å². The molecule has 1 N–H and O–H groups in total. The van der Waals surface area contributed by atoms with E-state index < -0.39 is 0 Å². The van der Waals surface area contributed by atoms with Gasteiger partial charge in [0.25, 0.3) is 5.56 Å². The van der Waals surface area contributed by atoms with Gasteiger partial charge in [-0.1, -0.05) is 70.2 Å². The van der Waals surface area contributed by atoms with E-state index in [4.69, 9.17) is 4.98 Å². The van der Waals surface area contributed by atoms with E-state index in [2.05, 4.69) is 53.0 Å². The number of nitrogens with zero attached hydrogens (tertiary/aromatic N) is 2. The maximum atomic E-state index is 13.7. The predicted octanol–water partition coefficient (Wildman–Crippen LogP) is 6.54. The van der Waals surface area contributed by atoms with Crippen molar-refractivity contribution in [3.63, 3.8) is 0 Å². The minimum Gasteiger partial charge on any atom is -0.349 e. The number of aryl methyl sites for hydroxylation is 1. The molecule has 0 bridgehead atoms. The number of halogens is 1. The number of benzene rings is 3. The molecule has 2 aromatic heterocycles. The molecule has 31 heavy (non-hydrogen) atoms. The number of hydrogen-bond donors (Lipinski definition) is 1. The Bertz CT molecular complexity index is 1490. The highest BCUT2D eigenvalue weighted by molar-refractivity contribution is 9.10. The lowest BCUT2D eigenvalue weighted by Gasteiger charge is -2.15. The number of nitrogens with one attached hydrogen (secondary N) is 1. The van der Waals surface area contributed by atoms with Gasteiger partial charge in [0.05, 0.1) is 5.69 Å². The van der Waals surface area contributed by atoms with Crippen molar-refractivity contribution >= 4 is 49.6 Å². The summed E-state index contributed by atoms with van der Waals surface area (Å²) in [4.78, 5) is 22.0. The summed E-state index contributed by atoms with van der Waals surface area (Å²) in [5.41, 5.74) is 6.37. The number of hydrogen-bond acceptors (Lipinski definition) is 3. The Hall–Kier alpha value is -2.83. The molecule has 6 heteroatoms. The van der Waals surface area contributed by atoms with Crippen molar-refractivity contribution in [1.82, 2.24) is 14.5 Å². The maximum absolute atomic E-state index is 13.7. The van der Waals surface area contributed by atoms with Gasteiger partial charge in [0, 0.05) is 21.1 Å². The van der Waals surface area contributed by atoms with Gasteiger partial charge in [-0.25, -0.2) is 4.98 Å². The van der Waals surface area contributed by atoms with Crippen LogP contribution in [0, 0.1) is 13.8 Å². The van der Waals surface area contributed by atoms with Crippen molar-refractivity contribution < 1.29 is 0 Å². The van der Waals surface area contributed by atoms with Crippen LogP contribution in [0.25, 0.3) is 27.6 Å². The molecule has 5 rings (SSSR count). The van der Waals surface area contributed by atoms with E-state index >= 15 is 0 Å². The molecule has 5 aromatic rings. The number of thioether (sulfide) groups is 1. The Morgan fingerprint density at radius 3 is 2.58 bits per heavy atom. The zero-order valence-electron chi connectivity index (χ0n) is 17.1. The number of para-hydroxylation sites is 1. The topological polar surface area (TPSA) is 50.7 Å². The smallest absolute Gasteiger partial charge is 0.283 e. The Labute approximate surface area is 192 Å². The molecule has 0 atom stereocenters. The van der Waals surface area contributed by atoms with Crippen LogP contribution < -0.4 is 5.56 Å². The van der Waals surface area contributed by atoms with Crippen molar-refractivity contribution in [2.24, 2.45) is 0 Å². The fourth-order valence-corrected chi connectivity index (χ4v) is 4.98. The molecule has 0 aliphatic carbocycles. The van der Waals surface area contributed by atoms with E-state index in [0.717, 1.165) is 43.5 Å². The highest BCUT2D eigenvalue weighted by Crippen LogP contribution is 2.29. The minimum absolute atomic E-state index is 0.0757. The van der Waals surface area contributed by atoms with Crippen LogP contribution in [0.2, 0.25) is 0 Å². The Morgan fingerprint density at radius 1 is 1.00 bits per heavy atom. The monoisotopic (exact) mass is 489 g/mol. The lowest BCUT2D eigenvalue weighted by atomic mass is 10.1. The summed E-state index contributed by atoms with van der Waals surface area (Å²) in [6.45, 7) is 4.11. The largest absolute Gasteiger partial charge is 0.349 e. The number of fused-ring (bicyclic) bond motifs is 3. The summed E-state index contributed by atoms with van der Waals surface area (Å²) in [5.74, 6) is 0.721. The summed E-state index contributed by atoms with van der Waals surface area (Å²) in [7, 11) is 0. The van der Waals surface area contributed by atoms with Gasteiger partial charge >= 0.3 is 0 Å². The van der Waals surface area contributed by atoms with Crippen molar-refractivity contribution in [1.29, 1.82) is 0 Å². The van der Waals surface area contributed by atoms with Gasteiger partial charge in [-0.2, -0.15) is 0 Å². The SMILES string of the molecule is Cc1cccc(-n2c(SCc3ccc(Br)cc3)nc3c([nH]c4ccccc43)c2=O)c1C. The highest BCUT2D eigenvalue weighted by Gasteiger charge is 2.18. The molecule has 0 saturated carbocycles. The normalized spacial score (nSPS) is 11.5. The number of aromatic nitrogens is 3. The molecule has 0 radical (unpaired) electrons. The quantitative estimate of drug-likeness (QED) is 0.230. The van der Waals surface area contributed by atoms with E-state index in [0.29, 0.717) is 10.7 Å². The van der Waals surface area contributed by atoms with Crippen LogP contribution in [0.1, 0.15) is 16.7 Å². The third kappa shape index (κ3) is 3.60. The molecule has 0 fully saturated rings. The fraction of sp³-hybridized carbons (Fsp3) is 0.120. The summed E-state index contributed by atoms with van der Waals surface area (Å²) in [6, 6.07) is 22.2. The van der Waals surface area contributed by atoms with E-state index in [1.54, 1.807) is 16.3 Å². The van der Waals surface area contributed by atoms with Crippen LogP contribution in [0.4, 0.5) is 0 Å². The molecule has 3 aromatic carbocycles. The zero-order chi connectivity index (χ0) is 21.5. The van der Waals surface area contributed by atoms with E-state index in [1.807, 2.05) is 48.5 Å². The van der Waals surface area contributed by atoms with Crippen molar-refractivity contribution in [2.45, 2.75) is 24.8 Å². The second-order valence-corrected chi connectivity index (χ2v) is 9.42. The molecular formula is C25H20BrN3OS. The molecule has 0 saturated heterocycles. The van der Waals surface area contributed by atoms with Gasteiger partial charge in [0.1, 0.15) is 11.0 Å². The molecule has 0 amide bonds. The summed E-state index contributed by atoms with van der Waals surface area (Å²) >= 11 is 5.06. The molecule has 0 unspecified atom stereocenters. The van der Waals surface area contributed by atoms with Crippen LogP contribution >= 0.6 is 27.7 Å². The average molecular weight is 490 g/mol. The lowest BCUT2D eigenvalue weighted by molar-refractivity contribution is 0.812. The van der Waals surface area contributed by atoms with Crippen molar-refractivity contribution in [2.75, 3.05) is 0 Å². The van der Waals surface area contributed by atoms with Gasteiger partial charge in [-0.3, -0.25) is 9.36 Å². The standard InChI is InChI=1S/C25H20BrN3OS/c1-15-6-5-9-21(16(15)2)29-24(30)23-22(19-7-3-4-8-20(19)27-23)28-25(29)31-14-17-10-12-18(26)13-11-17/h3-13,27H,14H2,1-2H3. The first-order chi connectivity index (χ1) is 15.0. The van der Waals surface area contributed by atoms with E-state index in [-0.39, 0.29) is 5.56 Å².